The Hall–Kier alpha value is -0.940. The number of nitrogens with zero attached hydrogens (tertiary/aromatic N) is 4. The Balaban J connectivity index is 1.75. The summed E-state index contributed by atoms with van der Waals surface area (Å²) in [5.74, 6) is 0. The fourth-order valence-corrected chi connectivity index (χ4v) is 2.67. The van der Waals surface area contributed by atoms with Crippen LogP contribution in [-0.4, -0.2) is 46.6 Å². The number of hydrogen-bond donors (Lipinski definition) is 1. The van der Waals surface area contributed by atoms with Crippen LogP contribution in [-0.2, 0) is 13.1 Å². The van der Waals surface area contributed by atoms with Crippen LogP contribution in [0.15, 0.2) is 6.20 Å². The van der Waals surface area contributed by atoms with Crippen molar-refractivity contribution in [3.05, 3.63) is 11.9 Å². The van der Waals surface area contributed by atoms with Crippen molar-refractivity contribution in [2.75, 3.05) is 20.6 Å². The Morgan fingerprint density at radius 2 is 2.17 bits per heavy atom. The lowest BCUT2D eigenvalue weighted by atomic mass is 9.94. The van der Waals surface area contributed by atoms with E-state index in [-0.39, 0.29) is 0 Å². The summed E-state index contributed by atoms with van der Waals surface area (Å²) in [7, 11) is 4.16. The first-order valence-electron chi connectivity index (χ1n) is 7.03. The predicted molar refractivity (Wildman–Crippen MR) is 72.3 cm³/mol. The number of aromatic nitrogens is 3. The van der Waals surface area contributed by atoms with Crippen molar-refractivity contribution in [1.82, 2.24) is 25.2 Å². The molecule has 0 radical (unpaired) electrons. The van der Waals surface area contributed by atoms with Gasteiger partial charge in [-0.05, 0) is 26.9 Å². The molecule has 1 saturated carbocycles. The SMILES string of the molecule is CNCc1cn(CCN(C)C2CCCCC2)nn1. The molecule has 0 atom stereocenters. The van der Waals surface area contributed by atoms with Gasteiger partial charge in [0.25, 0.3) is 0 Å². The predicted octanol–water partition coefficient (Wildman–Crippen LogP) is 1.26. The van der Waals surface area contributed by atoms with Crippen LogP contribution in [0.1, 0.15) is 37.8 Å². The molecule has 1 N–H and O–H groups in total. The molecule has 2 rings (SSSR count). The second-order valence-electron chi connectivity index (χ2n) is 5.28. The molecule has 0 bridgehead atoms. The molecule has 0 spiro atoms. The number of nitrogens with one attached hydrogen (secondary N) is 1. The molecule has 0 unspecified atom stereocenters. The van der Waals surface area contributed by atoms with Gasteiger partial charge < -0.3 is 10.2 Å². The summed E-state index contributed by atoms with van der Waals surface area (Å²) in [5.41, 5.74) is 1.01. The average Bonchev–Trinajstić information content (AvgIpc) is 2.85. The Labute approximate surface area is 110 Å². The lowest BCUT2D eigenvalue weighted by Gasteiger charge is -2.30. The Bertz CT molecular complexity index is 343. The van der Waals surface area contributed by atoms with Crippen LogP contribution in [0.2, 0.25) is 0 Å². The van der Waals surface area contributed by atoms with E-state index in [1.807, 2.05) is 17.9 Å². The van der Waals surface area contributed by atoms with Gasteiger partial charge in [0.05, 0.1) is 12.2 Å². The van der Waals surface area contributed by atoms with Crippen LogP contribution in [0, 0.1) is 0 Å². The van der Waals surface area contributed by atoms with E-state index in [1.165, 1.54) is 32.1 Å². The molecular formula is C13H25N5. The molecular weight excluding hydrogens is 226 g/mol. The topological polar surface area (TPSA) is 46.0 Å². The maximum atomic E-state index is 4.15. The van der Waals surface area contributed by atoms with Crippen molar-refractivity contribution in [3.8, 4) is 0 Å². The van der Waals surface area contributed by atoms with Crippen molar-refractivity contribution in [2.45, 2.75) is 51.2 Å². The third-order valence-electron chi connectivity index (χ3n) is 3.82. The summed E-state index contributed by atoms with van der Waals surface area (Å²) in [5, 5.41) is 11.4. The molecule has 1 heterocycles. The van der Waals surface area contributed by atoms with E-state index in [1.54, 1.807) is 0 Å². The second kappa shape index (κ2) is 6.85. The monoisotopic (exact) mass is 251 g/mol. The van der Waals surface area contributed by atoms with Crippen LogP contribution in [0.4, 0.5) is 0 Å². The van der Waals surface area contributed by atoms with Gasteiger partial charge in [-0.25, -0.2) is 0 Å². The minimum Gasteiger partial charge on any atom is -0.314 e. The molecule has 1 aromatic rings. The van der Waals surface area contributed by atoms with Crippen LogP contribution < -0.4 is 5.32 Å². The number of likely N-dealkylation sites (N-methyl/N-ethyl adjacent to an activating group) is 1. The normalized spacial score (nSPS) is 17.5. The van der Waals surface area contributed by atoms with Gasteiger partial charge in [-0.3, -0.25) is 4.68 Å². The highest BCUT2D eigenvalue weighted by Crippen LogP contribution is 2.21. The quantitative estimate of drug-likeness (QED) is 0.827. The van der Waals surface area contributed by atoms with E-state index < -0.39 is 0 Å². The standard InChI is InChI=1S/C13H25N5/c1-14-10-12-11-18(16-15-12)9-8-17(2)13-6-4-3-5-7-13/h11,13-14H,3-10H2,1-2H3. The maximum Gasteiger partial charge on any atom is 0.0964 e. The van der Waals surface area contributed by atoms with Crippen molar-refractivity contribution >= 4 is 0 Å². The van der Waals surface area contributed by atoms with Gasteiger partial charge in [0.1, 0.15) is 0 Å². The van der Waals surface area contributed by atoms with Gasteiger partial charge in [-0.15, -0.1) is 5.10 Å². The lowest BCUT2D eigenvalue weighted by molar-refractivity contribution is 0.183. The maximum absolute atomic E-state index is 4.15. The Kier molecular flexibility index (Phi) is 5.13. The zero-order valence-electron chi connectivity index (χ0n) is 11.6. The fraction of sp³-hybridized carbons (Fsp3) is 0.846. The van der Waals surface area contributed by atoms with Gasteiger partial charge in [-0.1, -0.05) is 24.5 Å². The molecule has 18 heavy (non-hydrogen) atoms. The fourth-order valence-electron chi connectivity index (χ4n) is 2.67. The molecule has 0 saturated heterocycles. The first-order chi connectivity index (χ1) is 8.79. The second-order valence-corrected chi connectivity index (χ2v) is 5.28. The number of hydrogen-bond acceptors (Lipinski definition) is 4. The van der Waals surface area contributed by atoms with E-state index in [0.29, 0.717) is 0 Å². The van der Waals surface area contributed by atoms with Crippen LogP contribution in [0.5, 0.6) is 0 Å². The van der Waals surface area contributed by atoms with Crippen molar-refractivity contribution in [1.29, 1.82) is 0 Å². The highest BCUT2D eigenvalue weighted by atomic mass is 15.4. The van der Waals surface area contributed by atoms with Crippen LogP contribution in [0.3, 0.4) is 0 Å². The summed E-state index contributed by atoms with van der Waals surface area (Å²) in [6, 6.07) is 0.777. The molecule has 5 heteroatoms. The smallest absolute Gasteiger partial charge is 0.0964 e. The summed E-state index contributed by atoms with van der Waals surface area (Å²) in [6.07, 6.45) is 8.96. The molecule has 1 fully saturated rings. The highest BCUT2D eigenvalue weighted by Gasteiger charge is 2.17. The van der Waals surface area contributed by atoms with Crippen molar-refractivity contribution in [2.24, 2.45) is 0 Å². The van der Waals surface area contributed by atoms with E-state index in [0.717, 1.165) is 31.4 Å². The first kappa shape index (κ1) is 13.5. The summed E-state index contributed by atoms with van der Waals surface area (Å²) in [6.45, 7) is 2.79. The summed E-state index contributed by atoms with van der Waals surface area (Å²) in [4.78, 5) is 2.48. The molecule has 1 aromatic heterocycles. The van der Waals surface area contributed by atoms with Gasteiger partial charge in [-0.2, -0.15) is 0 Å². The van der Waals surface area contributed by atoms with Crippen LogP contribution in [0.25, 0.3) is 0 Å². The molecule has 0 aliphatic heterocycles. The molecule has 102 valence electrons. The zero-order valence-corrected chi connectivity index (χ0v) is 11.6. The third-order valence-corrected chi connectivity index (χ3v) is 3.82. The Morgan fingerprint density at radius 1 is 1.39 bits per heavy atom. The van der Waals surface area contributed by atoms with Gasteiger partial charge >= 0.3 is 0 Å². The molecule has 5 nitrogen and oxygen atoms in total. The minimum atomic E-state index is 0.777. The van der Waals surface area contributed by atoms with Gasteiger partial charge in [0, 0.05) is 25.3 Å². The minimum absolute atomic E-state index is 0.777. The average molecular weight is 251 g/mol. The van der Waals surface area contributed by atoms with Crippen molar-refractivity contribution < 1.29 is 0 Å². The van der Waals surface area contributed by atoms with E-state index in [9.17, 15) is 0 Å². The molecule has 1 aliphatic rings. The number of rotatable bonds is 6. The molecule has 1 aliphatic carbocycles. The van der Waals surface area contributed by atoms with Gasteiger partial charge in [0.15, 0.2) is 0 Å². The summed E-state index contributed by atoms with van der Waals surface area (Å²) >= 11 is 0. The molecule has 0 amide bonds. The highest BCUT2D eigenvalue weighted by molar-refractivity contribution is 4.91. The first-order valence-corrected chi connectivity index (χ1v) is 7.03. The third kappa shape index (κ3) is 3.78. The van der Waals surface area contributed by atoms with Crippen molar-refractivity contribution in [3.63, 3.8) is 0 Å². The Morgan fingerprint density at radius 3 is 2.89 bits per heavy atom. The summed E-state index contributed by atoms with van der Waals surface area (Å²) < 4.78 is 1.95. The van der Waals surface area contributed by atoms with Crippen LogP contribution >= 0.6 is 0 Å². The largest absolute Gasteiger partial charge is 0.314 e. The zero-order chi connectivity index (χ0) is 12.8. The molecule has 0 aromatic carbocycles. The van der Waals surface area contributed by atoms with E-state index in [4.69, 9.17) is 0 Å². The van der Waals surface area contributed by atoms with Gasteiger partial charge in [0.2, 0.25) is 0 Å². The van der Waals surface area contributed by atoms with E-state index >= 15 is 0 Å². The lowest BCUT2D eigenvalue weighted by Crippen LogP contribution is -2.35. The van der Waals surface area contributed by atoms with E-state index in [2.05, 4.69) is 27.6 Å².